The van der Waals surface area contributed by atoms with Crippen LogP contribution >= 0.6 is 0 Å². The van der Waals surface area contributed by atoms with Crippen LogP contribution in [0.5, 0.6) is 5.75 Å². The van der Waals surface area contributed by atoms with Gasteiger partial charge in [0.15, 0.2) is 0 Å². The lowest BCUT2D eigenvalue weighted by atomic mass is 10.1. The maximum absolute atomic E-state index is 11.7. The molecule has 1 unspecified atom stereocenters. The summed E-state index contributed by atoms with van der Waals surface area (Å²) in [5.74, 6) is 0.676. The van der Waals surface area contributed by atoms with E-state index in [2.05, 4.69) is 5.32 Å². The summed E-state index contributed by atoms with van der Waals surface area (Å²) in [6.45, 7) is 3.57. The van der Waals surface area contributed by atoms with Crippen molar-refractivity contribution in [1.82, 2.24) is 0 Å². The molecule has 3 N–H and O–H groups in total. The Morgan fingerprint density at radius 1 is 1.37 bits per heavy atom. The van der Waals surface area contributed by atoms with Crippen molar-refractivity contribution in [3.8, 4) is 5.75 Å². The van der Waals surface area contributed by atoms with Crippen molar-refractivity contribution >= 4 is 22.4 Å². The average molecular weight is 284 g/mol. The number of carbonyl (C=O) groups excluding carboxylic acids is 1. The number of carbonyl (C=O) groups is 1. The molecule has 0 aliphatic heterocycles. The Bertz CT molecular complexity index is 452. The smallest absolute Gasteiger partial charge is 0.236 e. The number of anilines is 1. The molecule has 106 valence electrons. The standard InChI is InChI=1S/C13H20N2O3S/c1-13(2,14)9-19(17)8-12(16)15-10-4-6-11(18-3)7-5-10/h4-7H,8-9,14H2,1-3H3,(H,15,16). The first-order chi connectivity index (χ1) is 8.80. The summed E-state index contributed by atoms with van der Waals surface area (Å²) >= 11 is 0. The van der Waals surface area contributed by atoms with Crippen molar-refractivity contribution in [3.05, 3.63) is 24.3 Å². The molecule has 0 aliphatic rings. The van der Waals surface area contributed by atoms with Gasteiger partial charge in [0.05, 0.1) is 7.11 Å². The summed E-state index contributed by atoms with van der Waals surface area (Å²) < 4.78 is 16.7. The van der Waals surface area contributed by atoms with Crippen LogP contribution in [0.1, 0.15) is 13.8 Å². The zero-order valence-electron chi connectivity index (χ0n) is 11.4. The first kappa shape index (κ1) is 15.7. The fraction of sp³-hybridized carbons (Fsp3) is 0.462. The van der Waals surface area contributed by atoms with E-state index in [1.165, 1.54) is 0 Å². The van der Waals surface area contributed by atoms with Gasteiger partial charge < -0.3 is 15.8 Å². The zero-order chi connectivity index (χ0) is 14.5. The van der Waals surface area contributed by atoms with E-state index < -0.39 is 16.3 Å². The molecule has 1 rings (SSSR count). The van der Waals surface area contributed by atoms with Gasteiger partial charge in [0.25, 0.3) is 0 Å². The lowest BCUT2D eigenvalue weighted by Crippen LogP contribution is -2.39. The summed E-state index contributed by atoms with van der Waals surface area (Å²) in [5.41, 5.74) is 5.87. The third kappa shape index (κ3) is 6.35. The van der Waals surface area contributed by atoms with E-state index in [1.807, 2.05) is 0 Å². The lowest BCUT2D eigenvalue weighted by molar-refractivity contribution is -0.113. The number of benzene rings is 1. The van der Waals surface area contributed by atoms with Gasteiger partial charge in [-0.25, -0.2) is 0 Å². The molecule has 5 nitrogen and oxygen atoms in total. The van der Waals surface area contributed by atoms with Crippen molar-refractivity contribution in [3.63, 3.8) is 0 Å². The first-order valence-electron chi connectivity index (χ1n) is 5.88. The van der Waals surface area contributed by atoms with Crippen molar-refractivity contribution < 1.29 is 13.7 Å². The highest BCUT2D eigenvalue weighted by molar-refractivity contribution is 7.85. The van der Waals surface area contributed by atoms with Gasteiger partial charge in [-0.3, -0.25) is 9.00 Å². The topological polar surface area (TPSA) is 81.4 Å². The molecule has 0 radical (unpaired) electrons. The molecule has 1 atom stereocenters. The Balaban J connectivity index is 2.48. The molecule has 1 amide bonds. The van der Waals surface area contributed by atoms with Gasteiger partial charge in [-0.05, 0) is 38.1 Å². The normalized spacial score (nSPS) is 12.8. The van der Waals surface area contributed by atoms with E-state index >= 15 is 0 Å². The van der Waals surface area contributed by atoms with E-state index in [0.29, 0.717) is 17.2 Å². The number of amides is 1. The Labute approximate surface area is 116 Å². The van der Waals surface area contributed by atoms with Gasteiger partial charge in [0.2, 0.25) is 5.91 Å². The minimum atomic E-state index is -1.26. The van der Waals surface area contributed by atoms with Crippen LogP contribution in [0.25, 0.3) is 0 Å². The fourth-order valence-electron chi connectivity index (χ4n) is 1.48. The van der Waals surface area contributed by atoms with Gasteiger partial charge >= 0.3 is 0 Å². The maximum atomic E-state index is 11.7. The Kier molecular flexibility index (Phi) is 5.50. The molecular weight excluding hydrogens is 264 g/mol. The molecule has 0 aliphatic carbocycles. The van der Waals surface area contributed by atoms with E-state index in [-0.39, 0.29) is 11.7 Å². The Hall–Kier alpha value is -1.40. The average Bonchev–Trinajstić information content (AvgIpc) is 2.27. The first-order valence-corrected chi connectivity index (χ1v) is 7.37. The van der Waals surface area contributed by atoms with Crippen LogP contribution in [0.3, 0.4) is 0 Å². The molecule has 0 saturated carbocycles. The van der Waals surface area contributed by atoms with Gasteiger partial charge in [-0.1, -0.05) is 0 Å². The van der Waals surface area contributed by atoms with E-state index in [9.17, 15) is 9.00 Å². The van der Waals surface area contributed by atoms with Crippen LogP contribution in [0, 0.1) is 0 Å². The highest BCUT2D eigenvalue weighted by atomic mass is 32.2. The maximum Gasteiger partial charge on any atom is 0.236 e. The third-order valence-electron chi connectivity index (χ3n) is 2.20. The summed E-state index contributed by atoms with van der Waals surface area (Å²) in [6.07, 6.45) is 0. The van der Waals surface area contributed by atoms with Crippen molar-refractivity contribution in [1.29, 1.82) is 0 Å². The minimum absolute atomic E-state index is 0.0489. The predicted octanol–water partition coefficient (Wildman–Crippen LogP) is 1.12. The van der Waals surface area contributed by atoms with E-state index in [4.69, 9.17) is 10.5 Å². The fourth-order valence-corrected chi connectivity index (χ4v) is 2.78. The third-order valence-corrected chi connectivity index (χ3v) is 3.85. The highest BCUT2D eigenvalue weighted by Gasteiger charge is 2.17. The molecule has 1 aromatic carbocycles. The summed E-state index contributed by atoms with van der Waals surface area (Å²) in [5, 5.41) is 2.68. The summed E-state index contributed by atoms with van der Waals surface area (Å²) in [4.78, 5) is 11.7. The molecule has 0 spiro atoms. The summed E-state index contributed by atoms with van der Waals surface area (Å²) in [7, 11) is 0.314. The van der Waals surface area contributed by atoms with Crippen LogP contribution in [0.2, 0.25) is 0 Å². The minimum Gasteiger partial charge on any atom is -0.497 e. The molecule has 0 heterocycles. The largest absolute Gasteiger partial charge is 0.497 e. The number of nitrogens with one attached hydrogen (secondary N) is 1. The molecule has 1 aromatic rings. The Morgan fingerprint density at radius 3 is 2.42 bits per heavy atom. The van der Waals surface area contributed by atoms with E-state index in [1.54, 1.807) is 45.2 Å². The number of hydrogen-bond donors (Lipinski definition) is 2. The quantitative estimate of drug-likeness (QED) is 0.820. The second kappa shape index (κ2) is 6.68. The van der Waals surface area contributed by atoms with Gasteiger partial charge in [-0.15, -0.1) is 0 Å². The van der Waals surface area contributed by atoms with Crippen LogP contribution in [0.15, 0.2) is 24.3 Å². The molecule has 0 bridgehead atoms. The van der Waals surface area contributed by atoms with Gasteiger partial charge in [-0.2, -0.15) is 0 Å². The number of nitrogens with two attached hydrogens (primary N) is 1. The van der Waals surface area contributed by atoms with E-state index in [0.717, 1.165) is 0 Å². The monoisotopic (exact) mass is 284 g/mol. The lowest BCUT2D eigenvalue weighted by Gasteiger charge is -2.17. The van der Waals surface area contributed by atoms with Crippen molar-refractivity contribution in [2.45, 2.75) is 19.4 Å². The highest BCUT2D eigenvalue weighted by Crippen LogP contribution is 2.14. The predicted molar refractivity (Wildman–Crippen MR) is 77.8 cm³/mol. The molecule has 0 aromatic heterocycles. The molecule has 0 saturated heterocycles. The Morgan fingerprint density at radius 2 is 1.95 bits per heavy atom. The van der Waals surface area contributed by atoms with Crippen molar-refractivity contribution in [2.24, 2.45) is 5.73 Å². The molecule has 0 fully saturated rings. The number of ether oxygens (including phenoxy) is 1. The van der Waals surface area contributed by atoms with Crippen LogP contribution in [0.4, 0.5) is 5.69 Å². The van der Waals surface area contributed by atoms with Crippen molar-refractivity contribution in [2.75, 3.05) is 23.9 Å². The summed E-state index contributed by atoms with van der Waals surface area (Å²) in [6, 6.07) is 6.95. The second-order valence-electron chi connectivity index (χ2n) is 4.99. The van der Waals surface area contributed by atoms with Crippen LogP contribution in [-0.4, -0.2) is 34.3 Å². The van der Waals surface area contributed by atoms with Gasteiger partial charge in [0.1, 0.15) is 11.5 Å². The van der Waals surface area contributed by atoms with Crippen LogP contribution < -0.4 is 15.8 Å². The van der Waals surface area contributed by atoms with Crippen LogP contribution in [-0.2, 0) is 15.6 Å². The SMILES string of the molecule is COc1ccc(NC(=O)CS(=O)CC(C)(C)N)cc1. The number of rotatable bonds is 6. The molecule has 6 heteroatoms. The number of hydrogen-bond acceptors (Lipinski definition) is 4. The molecular formula is C13H20N2O3S. The second-order valence-corrected chi connectivity index (χ2v) is 6.45. The molecule has 19 heavy (non-hydrogen) atoms. The zero-order valence-corrected chi connectivity index (χ0v) is 12.3. The van der Waals surface area contributed by atoms with Gasteiger partial charge in [0, 0.05) is 27.8 Å². The number of methoxy groups -OCH3 is 1.